The highest BCUT2D eigenvalue weighted by Crippen LogP contribution is 2.20. The molecule has 1 heterocycles. The van der Waals surface area contributed by atoms with Crippen LogP contribution < -0.4 is 5.73 Å². The zero-order valence-electron chi connectivity index (χ0n) is 9.65. The average molecular weight is 214 g/mol. The van der Waals surface area contributed by atoms with E-state index in [0.29, 0.717) is 5.92 Å². The third-order valence-corrected chi connectivity index (χ3v) is 3.14. The van der Waals surface area contributed by atoms with E-state index in [4.69, 9.17) is 10.8 Å². The summed E-state index contributed by atoms with van der Waals surface area (Å²) in [5.41, 5.74) is 5.82. The zero-order chi connectivity index (χ0) is 11.4. The second-order valence-corrected chi connectivity index (χ2v) is 4.72. The van der Waals surface area contributed by atoms with Gasteiger partial charge in [0.15, 0.2) is 0 Å². The lowest BCUT2D eigenvalue weighted by Crippen LogP contribution is -2.45. The second kappa shape index (κ2) is 5.47. The molecule has 0 bridgehead atoms. The van der Waals surface area contributed by atoms with Crippen LogP contribution in [0.15, 0.2) is 0 Å². The van der Waals surface area contributed by atoms with Gasteiger partial charge in [-0.2, -0.15) is 0 Å². The molecule has 2 atom stereocenters. The molecule has 0 aromatic carbocycles. The zero-order valence-corrected chi connectivity index (χ0v) is 9.65. The molecule has 0 spiro atoms. The van der Waals surface area contributed by atoms with Crippen LogP contribution in [0.25, 0.3) is 0 Å². The summed E-state index contributed by atoms with van der Waals surface area (Å²) >= 11 is 0. The van der Waals surface area contributed by atoms with Crippen molar-refractivity contribution in [3.05, 3.63) is 0 Å². The standard InChI is InChI=1S/C11H22N2O2/c1-8(2)10(12)11(15)13-5-3-9(7-13)4-6-14/h8-10,14H,3-7,12H2,1-2H3/t9?,10-/m1/s1. The molecule has 0 radical (unpaired) electrons. The van der Waals surface area contributed by atoms with E-state index in [-0.39, 0.29) is 24.5 Å². The monoisotopic (exact) mass is 214 g/mol. The number of rotatable bonds is 4. The van der Waals surface area contributed by atoms with E-state index in [1.165, 1.54) is 0 Å². The van der Waals surface area contributed by atoms with Gasteiger partial charge in [-0.05, 0) is 24.7 Å². The number of nitrogens with two attached hydrogens (primary N) is 1. The summed E-state index contributed by atoms with van der Waals surface area (Å²) in [7, 11) is 0. The number of nitrogens with zero attached hydrogens (tertiary/aromatic N) is 1. The van der Waals surface area contributed by atoms with Crippen molar-refractivity contribution in [3.8, 4) is 0 Å². The Labute approximate surface area is 91.4 Å². The van der Waals surface area contributed by atoms with Crippen molar-refractivity contribution < 1.29 is 9.90 Å². The second-order valence-electron chi connectivity index (χ2n) is 4.72. The summed E-state index contributed by atoms with van der Waals surface area (Å²) in [6, 6.07) is -0.377. The summed E-state index contributed by atoms with van der Waals surface area (Å²) in [6.45, 7) is 5.69. The minimum absolute atomic E-state index is 0.0606. The van der Waals surface area contributed by atoms with Gasteiger partial charge in [-0.1, -0.05) is 13.8 Å². The van der Waals surface area contributed by atoms with Crippen LogP contribution in [0.1, 0.15) is 26.7 Å². The van der Waals surface area contributed by atoms with Crippen molar-refractivity contribution in [2.45, 2.75) is 32.7 Å². The molecule has 1 saturated heterocycles. The first-order valence-electron chi connectivity index (χ1n) is 5.71. The predicted molar refractivity (Wildman–Crippen MR) is 59.2 cm³/mol. The lowest BCUT2D eigenvalue weighted by molar-refractivity contribution is -0.132. The van der Waals surface area contributed by atoms with E-state index in [9.17, 15) is 4.79 Å². The normalized spacial score (nSPS) is 23.5. The van der Waals surface area contributed by atoms with Gasteiger partial charge in [-0.3, -0.25) is 4.79 Å². The van der Waals surface area contributed by atoms with E-state index in [0.717, 1.165) is 25.9 Å². The van der Waals surface area contributed by atoms with Gasteiger partial charge < -0.3 is 15.7 Å². The van der Waals surface area contributed by atoms with Crippen LogP contribution in [-0.2, 0) is 4.79 Å². The summed E-state index contributed by atoms with van der Waals surface area (Å²) in [6.07, 6.45) is 1.79. The van der Waals surface area contributed by atoms with Gasteiger partial charge in [-0.25, -0.2) is 0 Å². The smallest absolute Gasteiger partial charge is 0.239 e. The van der Waals surface area contributed by atoms with Crippen molar-refractivity contribution in [1.29, 1.82) is 0 Å². The number of aliphatic hydroxyl groups is 1. The number of carbonyl (C=O) groups excluding carboxylic acids is 1. The molecular weight excluding hydrogens is 192 g/mol. The van der Waals surface area contributed by atoms with Crippen LogP contribution in [0.5, 0.6) is 0 Å². The van der Waals surface area contributed by atoms with Crippen molar-refractivity contribution in [2.24, 2.45) is 17.6 Å². The average Bonchev–Trinajstić information content (AvgIpc) is 2.64. The molecule has 0 aliphatic carbocycles. The number of likely N-dealkylation sites (tertiary alicyclic amines) is 1. The maximum Gasteiger partial charge on any atom is 0.239 e. The van der Waals surface area contributed by atoms with Crippen molar-refractivity contribution >= 4 is 5.91 Å². The fourth-order valence-corrected chi connectivity index (χ4v) is 1.95. The minimum atomic E-state index is -0.377. The van der Waals surface area contributed by atoms with Crippen molar-refractivity contribution in [2.75, 3.05) is 19.7 Å². The van der Waals surface area contributed by atoms with Gasteiger partial charge in [-0.15, -0.1) is 0 Å². The first-order valence-corrected chi connectivity index (χ1v) is 5.71. The molecule has 1 aliphatic heterocycles. The Bertz CT molecular complexity index is 219. The molecule has 4 nitrogen and oxygen atoms in total. The molecule has 88 valence electrons. The summed E-state index contributed by atoms with van der Waals surface area (Å²) in [4.78, 5) is 13.7. The summed E-state index contributed by atoms with van der Waals surface area (Å²) in [5.74, 6) is 0.707. The molecule has 1 unspecified atom stereocenters. The van der Waals surface area contributed by atoms with Crippen LogP contribution in [0.2, 0.25) is 0 Å². The van der Waals surface area contributed by atoms with Crippen LogP contribution in [0.3, 0.4) is 0 Å². The third-order valence-electron chi connectivity index (χ3n) is 3.14. The molecule has 3 N–H and O–H groups in total. The molecule has 1 rings (SSSR count). The highest BCUT2D eigenvalue weighted by Gasteiger charge is 2.29. The highest BCUT2D eigenvalue weighted by atomic mass is 16.3. The third kappa shape index (κ3) is 3.18. The fraction of sp³-hybridized carbons (Fsp3) is 0.909. The number of hydrogen-bond donors (Lipinski definition) is 2. The molecular formula is C11H22N2O2. The number of hydrogen-bond acceptors (Lipinski definition) is 3. The van der Waals surface area contributed by atoms with Crippen LogP contribution in [-0.4, -0.2) is 41.7 Å². The Kier molecular flexibility index (Phi) is 4.54. The van der Waals surface area contributed by atoms with Gasteiger partial charge in [0.25, 0.3) is 0 Å². The van der Waals surface area contributed by atoms with Gasteiger partial charge >= 0.3 is 0 Å². The fourth-order valence-electron chi connectivity index (χ4n) is 1.95. The van der Waals surface area contributed by atoms with Gasteiger partial charge in [0.1, 0.15) is 0 Å². The van der Waals surface area contributed by atoms with Crippen LogP contribution in [0, 0.1) is 11.8 Å². The molecule has 15 heavy (non-hydrogen) atoms. The molecule has 0 aromatic heterocycles. The van der Waals surface area contributed by atoms with Gasteiger partial charge in [0.2, 0.25) is 5.91 Å². The van der Waals surface area contributed by atoms with E-state index in [2.05, 4.69) is 0 Å². The highest BCUT2D eigenvalue weighted by molar-refractivity contribution is 5.82. The Morgan fingerprint density at radius 3 is 2.80 bits per heavy atom. The lowest BCUT2D eigenvalue weighted by atomic mass is 10.0. The van der Waals surface area contributed by atoms with E-state index in [1.54, 1.807) is 0 Å². The lowest BCUT2D eigenvalue weighted by Gasteiger charge is -2.23. The SMILES string of the molecule is CC(C)[C@@H](N)C(=O)N1CCC(CCO)C1. The summed E-state index contributed by atoms with van der Waals surface area (Å²) in [5, 5.41) is 8.82. The van der Waals surface area contributed by atoms with Crippen molar-refractivity contribution in [3.63, 3.8) is 0 Å². The predicted octanol–water partition coefficient (Wildman–Crippen LogP) is 0.201. The van der Waals surface area contributed by atoms with Gasteiger partial charge in [0.05, 0.1) is 6.04 Å². The Balaban J connectivity index is 2.43. The van der Waals surface area contributed by atoms with Crippen LogP contribution in [0.4, 0.5) is 0 Å². The maximum absolute atomic E-state index is 11.9. The largest absolute Gasteiger partial charge is 0.396 e. The Morgan fingerprint density at radius 1 is 1.60 bits per heavy atom. The topological polar surface area (TPSA) is 66.6 Å². The van der Waals surface area contributed by atoms with E-state index >= 15 is 0 Å². The minimum Gasteiger partial charge on any atom is -0.396 e. The quantitative estimate of drug-likeness (QED) is 0.702. The maximum atomic E-state index is 11.9. The van der Waals surface area contributed by atoms with Crippen LogP contribution >= 0.6 is 0 Å². The Morgan fingerprint density at radius 2 is 2.27 bits per heavy atom. The molecule has 4 heteroatoms. The number of aliphatic hydroxyl groups excluding tert-OH is 1. The molecule has 0 aromatic rings. The molecule has 1 fully saturated rings. The molecule has 1 amide bonds. The van der Waals surface area contributed by atoms with E-state index in [1.807, 2.05) is 18.7 Å². The van der Waals surface area contributed by atoms with Gasteiger partial charge in [0, 0.05) is 19.7 Å². The first kappa shape index (κ1) is 12.5. The number of carbonyl (C=O) groups is 1. The first-order chi connectivity index (χ1) is 7.06. The number of amides is 1. The summed E-state index contributed by atoms with van der Waals surface area (Å²) < 4.78 is 0. The molecule has 0 saturated carbocycles. The van der Waals surface area contributed by atoms with E-state index < -0.39 is 0 Å². The Hall–Kier alpha value is -0.610. The van der Waals surface area contributed by atoms with Crippen molar-refractivity contribution in [1.82, 2.24) is 4.90 Å². The molecule has 1 aliphatic rings.